The summed E-state index contributed by atoms with van der Waals surface area (Å²) in [6, 6.07) is 54.4. The molecule has 1 aliphatic rings. The lowest BCUT2D eigenvalue weighted by Crippen LogP contribution is -2.05. The second kappa shape index (κ2) is 18.1. The Hall–Kier alpha value is -6.97. The van der Waals surface area contributed by atoms with E-state index in [2.05, 4.69) is 233 Å². The van der Waals surface area contributed by atoms with Gasteiger partial charge in [-0.1, -0.05) is 165 Å². The molecule has 0 unspecified atom stereocenters. The highest BCUT2D eigenvalue weighted by Gasteiger charge is 2.26. The molecule has 0 aliphatic carbocycles. The number of hydrogen-bond acceptors (Lipinski definition) is 1. The van der Waals surface area contributed by atoms with Crippen LogP contribution in [0.15, 0.2) is 168 Å². The second-order valence-corrected chi connectivity index (χ2v) is 18.7. The lowest BCUT2D eigenvalue weighted by atomic mass is 9.91. The number of aliphatic imine (C=N–C) groups is 1. The van der Waals surface area contributed by atoms with E-state index in [0.717, 1.165) is 29.8 Å². The first-order chi connectivity index (χ1) is 31.8. The molecule has 0 spiro atoms. The van der Waals surface area contributed by atoms with Crippen molar-refractivity contribution in [2.45, 2.75) is 82.1 Å². The molecular formula is C63H61BN2. The van der Waals surface area contributed by atoms with Crippen LogP contribution in [-0.4, -0.2) is 18.2 Å². The average Bonchev–Trinajstić information content (AvgIpc) is 3.88. The van der Waals surface area contributed by atoms with Crippen molar-refractivity contribution in [1.82, 2.24) is 4.48 Å². The zero-order chi connectivity index (χ0) is 46.4. The first kappa shape index (κ1) is 44.2. The first-order valence-corrected chi connectivity index (χ1v) is 23.7. The van der Waals surface area contributed by atoms with Gasteiger partial charge in [0.2, 0.25) is 7.98 Å². The Morgan fingerprint density at radius 1 is 0.455 bits per heavy atom. The molecule has 66 heavy (non-hydrogen) atoms. The third-order valence-corrected chi connectivity index (χ3v) is 13.8. The zero-order valence-electron chi connectivity index (χ0n) is 40.7. The molecule has 3 heteroatoms. The van der Waals surface area contributed by atoms with Gasteiger partial charge in [-0.3, -0.25) is 0 Å². The van der Waals surface area contributed by atoms with E-state index in [-0.39, 0.29) is 0 Å². The minimum atomic E-state index is 0.891. The van der Waals surface area contributed by atoms with Gasteiger partial charge in [-0.2, -0.15) is 0 Å². The molecule has 0 bridgehead atoms. The van der Waals surface area contributed by atoms with Gasteiger partial charge in [0.05, 0.1) is 11.4 Å². The summed E-state index contributed by atoms with van der Waals surface area (Å²) >= 11 is 0. The van der Waals surface area contributed by atoms with Crippen LogP contribution < -0.4 is 0 Å². The summed E-state index contributed by atoms with van der Waals surface area (Å²) in [6.45, 7) is 22.2. The molecule has 1 aliphatic heterocycles. The number of nitrogens with zero attached hydrogens (tertiary/aromatic N) is 2. The number of allylic oxidation sites excluding steroid dienone is 2. The summed E-state index contributed by atoms with van der Waals surface area (Å²) < 4.78 is 2.41. The standard InChI is InChI=1S/C63H61BN2/c1-11-46-36-56(65-62(46)54-28-20-50(21-29-54)48-16-24-52(25-17-48)58-42(7)32-38(3)33-43(58)8)61(60-40(5)14-13-15-41(60)6)57-37-47(12-2)63(66(57)64)55-30-22-51(23-31-55)49-18-26-53(27-19-49)59-44(9)34-39(4)35-45(59)10/h13-37H,11-12,64H2,1-10H3/b61-56+. The summed E-state index contributed by atoms with van der Waals surface area (Å²) in [6.07, 6.45) is 4.16. The van der Waals surface area contributed by atoms with Crippen molar-refractivity contribution >= 4 is 19.3 Å². The third kappa shape index (κ3) is 8.28. The van der Waals surface area contributed by atoms with E-state index in [1.807, 2.05) is 0 Å². The van der Waals surface area contributed by atoms with Gasteiger partial charge in [0.15, 0.2) is 0 Å². The van der Waals surface area contributed by atoms with Crippen molar-refractivity contribution in [1.29, 1.82) is 0 Å². The van der Waals surface area contributed by atoms with Crippen molar-refractivity contribution < 1.29 is 0 Å². The summed E-state index contributed by atoms with van der Waals surface area (Å²) in [5.41, 5.74) is 32.3. The van der Waals surface area contributed by atoms with Gasteiger partial charge in [-0.25, -0.2) is 4.99 Å². The van der Waals surface area contributed by atoms with E-state index >= 15 is 0 Å². The SMILES string of the molecule is Bn1c(/C(=C2/C=C(CC)C(c3ccc(-c4ccc(-c5c(C)cc(C)cc5C)cc4)cc3)=N2)c2c(C)cccc2C)cc(CC)c1-c1ccc(-c2ccc(-c3c(C)cc(C)cc3C)cc2)cc1. The fourth-order valence-corrected chi connectivity index (χ4v) is 10.8. The Labute approximate surface area is 394 Å². The smallest absolute Gasteiger partial charge is 0.223 e. The van der Waals surface area contributed by atoms with Crippen molar-refractivity contribution in [3.63, 3.8) is 0 Å². The summed E-state index contributed by atoms with van der Waals surface area (Å²) in [4.78, 5) is 5.57. The number of aromatic nitrogens is 1. The normalized spacial score (nSPS) is 13.2. The Balaban J connectivity index is 1.06. The molecule has 0 saturated carbocycles. The van der Waals surface area contributed by atoms with Crippen molar-refractivity contribution in [3.05, 3.63) is 230 Å². The Morgan fingerprint density at radius 2 is 0.848 bits per heavy atom. The van der Waals surface area contributed by atoms with E-state index in [1.165, 1.54) is 128 Å². The highest BCUT2D eigenvalue weighted by molar-refractivity contribution is 6.17. The molecule has 326 valence electrons. The van der Waals surface area contributed by atoms with Crippen LogP contribution in [0.1, 0.15) is 87.2 Å². The largest absolute Gasteiger partial charge is 0.392 e. The van der Waals surface area contributed by atoms with Crippen LogP contribution >= 0.6 is 0 Å². The topological polar surface area (TPSA) is 17.3 Å². The molecule has 0 radical (unpaired) electrons. The molecule has 1 aromatic heterocycles. The van der Waals surface area contributed by atoms with E-state index in [0.29, 0.717) is 0 Å². The van der Waals surface area contributed by atoms with Crippen LogP contribution in [0.5, 0.6) is 0 Å². The van der Waals surface area contributed by atoms with Gasteiger partial charge in [-0.05, 0) is 181 Å². The maximum Gasteiger partial charge on any atom is 0.223 e. The molecule has 0 saturated heterocycles. The number of benzene rings is 7. The highest BCUT2D eigenvalue weighted by Crippen LogP contribution is 2.41. The Kier molecular flexibility index (Phi) is 12.2. The van der Waals surface area contributed by atoms with Crippen LogP contribution in [-0.2, 0) is 6.42 Å². The van der Waals surface area contributed by atoms with Crippen molar-refractivity contribution in [3.8, 4) is 55.8 Å². The van der Waals surface area contributed by atoms with E-state index in [9.17, 15) is 0 Å². The molecule has 2 nitrogen and oxygen atoms in total. The summed E-state index contributed by atoms with van der Waals surface area (Å²) in [5.74, 6) is 0. The van der Waals surface area contributed by atoms with E-state index in [1.54, 1.807) is 0 Å². The van der Waals surface area contributed by atoms with Crippen LogP contribution in [0.25, 0.3) is 61.3 Å². The maximum atomic E-state index is 5.57. The zero-order valence-corrected chi connectivity index (χ0v) is 40.7. The molecule has 7 aromatic carbocycles. The van der Waals surface area contributed by atoms with Gasteiger partial charge in [0.25, 0.3) is 0 Å². The lowest BCUT2D eigenvalue weighted by Gasteiger charge is -2.18. The first-order valence-electron chi connectivity index (χ1n) is 23.7. The highest BCUT2D eigenvalue weighted by atomic mass is 14.9. The molecular weight excluding hydrogens is 796 g/mol. The molecule has 8 aromatic rings. The predicted molar refractivity (Wildman–Crippen MR) is 287 cm³/mol. The Morgan fingerprint density at radius 3 is 1.26 bits per heavy atom. The molecule has 0 atom stereocenters. The number of rotatable bonds is 10. The number of aryl methyl sites for hydroxylation is 9. The fourth-order valence-electron chi connectivity index (χ4n) is 10.8. The lowest BCUT2D eigenvalue weighted by molar-refractivity contribution is 1.13. The Bertz CT molecular complexity index is 3170. The average molecular weight is 857 g/mol. The quantitative estimate of drug-likeness (QED) is 0.122. The minimum absolute atomic E-state index is 0.891. The van der Waals surface area contributed by atoms with Crippen LogP contribution in [0.2, 0.25) is 0 Å². The van der Waals surface area contributed by atoms with Gasteiger partial charge >= 0.3 is 0 Å². The fraction of sp³-hybridized carbons (Fsp3) is 0.190. The van der Waals surface area contributed by atoms with Crippen LogP contribution in [0.4, 0.5) is 0 Å². The van der Waals surface area contributed by atoms with Crippen LogP contribution in [0, 0.1) is 55.4 Å². The van der Waals surface area contributed by atoms with Crippen molar-refractivity contribution in [2.75, 3.05) is 0 Å². The van der Waals surface area contributed by atoms with Gasteiger partial charge in [0.1, 0.15) is 0 Å². The minimum Gasteiger partial charge on any atom is -0.392 e. The predicted octanol–water partition coefficient (Wildman–Crippen LogP) is 15.8. The monoisotopic (exact) mass is 856 g/mol. The van der Waals surface area contributed by atoms with E-state index < -0.39 is 0 Å². The van der Waals surface area contributed by atoms with Gasteiger partial charge in [-0.15, -0.1) is 0 Å². The molecule has 0 fully saturated rings. The second-order valence-electron chi connectivity index (χ2n) is 18.7. The molecule has 9 rings (SSSR count). The summed E-state index contributed by atoms with van der Waals surface area (Å²) in [5, 5.41) is 0. The molecule has 2 heterocycles. The van der Waals surface area contributed by atoms with Crippen LogP contribution in [0.3, 0.4) is 0 Å². The maximum absolute atomic E-state index is 5.57. The van der Waals surface area contributed by atoms with Gasteiger partial charge in [0, 0.05) is 22.5 Å². The molecule has 0 amide bonds. The summed E-state index contributed by atoms with van der Waals surface area (Å²) in [7, 11) is 2.23. The third-order valence-electron chi connectivity index (χ3n) is 13.8. The van der Waals surface area contributed by atoms with Gasteiger partial charge < -0.3 is 4.48 Å². The number of hydrogen-bond donors (Lipinski definition) is 0. The molecule has 0 N–H and O–H groups in total. The van der Waals surface area contributed by atoms with Crippen molar-refractivity contribution in [2.24, 2.45) is 4.99 Å². The van der Waals surface area contributed by atoms with E-state index in [4.69, 9.17) is 4.99 Å².